The number of nitrogens with one attached hydrogen (secondary N) is 2. The normalized spacial score (nSPS) is 24.2. The number of benzene rings is 2. The molecule has 9 heteroatoms. The van der Waals surface area contributed by atoms with Crippen LogP contribution >= 0.6 is 0 Å². The zero-order valence-electron chi connectivity index (χ0n) is 18.7. The molecule has 2 aliphatic rings. The number of halogens is 2. The summed E-state index contributed by atoms with van der Waals surface area (Å²) in [5.41, 5.74) is 1.93. The lowest BCUT2D eigenvalue weighted by atomic mass is 9.86. The first-order valence-corrected chi connectivity index (χ1v) is 11.3. The van der Waals surface area contributed by atoms with Gasteiger partial charge in [-0.3, -0.25) is 4.68 Å². The number of hydrogen-bond acceptors (Lipinski definition) is 5. The number of piperidine rings is 1. The van der Waals surface area contributed by atoms with Crippen LogP contribution in [0, 0.1) is 5.82 Å². The van der Waals surface area contributed by atoms with Crippen molar-refractivity contribution in [3.05, 3.63) is 60.2 Å². The van der Waals surface area contributed by atoms with Gasteiger partial charge in [-0.25, -0.2) is 13.6 Å². The Balaban J connectivity index is 1.56. The van der Waals surface area contributed by atoms with E-state index in [0.717, 1.165) is 23.2 Å². The molecule has 0 aliphatic carbocycles. The quantitative estimate of drug-likeness (QED) is 0.509. The maximum absolute atomic E-state index is 14.5. The second kappa shape index (κ2) is 8.72. The van der Waals surface area contributed by atoms with Crippen LogP contribution in [0.4, 0.5) is 14.5 Å². The van der Waals surface area contributed by atoms with Gasteiger partial charge in [0.1, 0.15) is 29.0 Å². The van der Waals surface area contributed by atoms with E-state index in [2.05, 4.69) is 15.7 Å². The van der Waals surface area contributed by atoms with E-state index >= 15 is 0 Å². The maximum Gasteiger partial charge on any atom is 0.329 e. The van der Waals surface area contributed by atoms with Crippen LogP contribution in [0.2, 0.25) is 0 Å². The molecule has 0 spiro atoms. The molecular formula is C25H26F2N4O3. The number of rotatable bonds is 5. The molecule has 1 fully saturated rings. The third kappa shape index (κ3) is 4.11. The third-order valence-electron chi connectivity index (χ3n) is 6.68. The predicted molar refractivity (Wildman–Crippen MR) is 124 cm³/mol. The first kappa shape index (κ1) is 22.3. The Kier molecular flexibility index (Phi) is 5.73. The number of hydrogen-bond donors (Lipinski definition) is 3. The van der Waals surface area contributed by atoms with Gasteiger partial charge in [-0.1, -0.05) is 0 Å². The fraction of sp³-hybridized carbons (Fsp3) is 0.360. The molecule has 0 unspecified atom stereocenters. The molecule has 178 valence electrons. The van der Waals surface area contributed by atoms with E-state index in [4.69, 9.17) is 4.74 Å². The number of carbonyl (C=O) groups is 1. The van der Waals surface area contributed by atoms with E-state index in [1.807, 2.05) is 18.3 Å². The number of aromatic nitrogens is 2. The Morgan fingerprint density at radius 3 is 2.79 bits per heavy atom. The van der Waals surface area contributed by atoms with Crippen LogP contribution in [0.5, 0.6) is 11.5 Å². The van der Waals surface area contributed by atoms with Crippen molar-refractivity contribution in [3.63, 3.8) is 0 Å². The third-order valence-corrected chi connectivity index (χ3v) is 6.68. The van der Waals surface area contributed by atoms with E-state index in [1.165, 1.54) is 12.1 Å². The van der Waals surface area contributed by atoms with Gasteiger partial charge < -0.3 is 20.5 Å². The summed E-state index contributed by atoms with van der Waals surface area (Å²) < 4.78 is 35.8. The summed E-state index contributed by atoms with van der Waals surface area (Å²) in [6.07, 6.45) is 3.97. The highest BCUT2D eigenvalue weighted by Crippen LogP contribution is 2.44. The lowest BCUT2D eigenvalue weighted by molar-refractivity contribution is -0.142. The van der Waals surface area contributed by atoms with Crippen molar-refractivity contribution in [3.8, 4) is 22.6 Å². The van der Waals surface area contributed by atoms with E-state index in [9.17, 15) is 18.7 Å². The van der Waals surface area contributed by atoms with Gasteiger partial charge in [0.05, 0.1) is 12.2 Å². The molecule has 0 radical (unpaired) electrons. The Morgan fingerprint density at radius 2 is 2.06 bits per heavy atom. The summed E-state index contributed by atoms with van der Waals surface area (Å²) >= 11 is 0. The minimum absolute atomic E-state index is 0.297. The molecule has 2 aromatic carbocycles. The zero-order chi connectivity index (χ0) is 23.9. The van der Waals surface area contributed by atoms with E-state index < -0.39 is 17.7 Å². The Bertz CT molecular complexity index is 1210. The van der Waals surface area contributed by atoms with Crippen LogP contribution in [-0.2, 0) is 11.2 Å². The number of nitrogens with zero attached hydrogens (tertiary/aromatic N) is 2. The molecule has 3 atom stereocenters. The van der Waals surface area contributed by atoms with Crippen LogP contribution in [0.3, 0.4) is 0 Å². The number of ether oxygens (including phenoxy) is 1. The lowest BCUT2D eigenvalue weighted by Gasteiger charge is -2.34. The van der Waals surface area contributed by atoms with Crippen molar-refractivity contribution in [1.29, 1.82) is 0 Å². The summed E-state index contributed by atoms with van der Waals surface area (Å²) in [5.74, 6) is -0.291. The SMILES string of the molecule is C[C@@]1(C(=O)O)CCc2c(ccc(-c3cnn([C@H]4CCNC[C@H]4F)c3)c2Oc2ccc(F)cc2)N1. The average Bonchev–Trinajstić information content (AvgIpc) is 3.30. The highest BCUT2D eigenvalue weighted by Gasteiger charge is 2.38. The number of fused-ring (bicyclic) bond motifs is 1. The molecule has 34 heavy (non-hydrogen) atoms. The highest BCUT2D eigenvalue weighted by atomic mass is 19.1. The summed E-state index contributed by atoms with van der Waals surface area (Å²) in [7, 11) is 0. The number of aliphatic carboxylic acids is 1. The Labute approximate surface area is 195 Å². The smallest absolute Gasteiger partial charge is 0.329 e. The zero-order valence-corrected chi connectivity index (χ0v) is 18.7. The van der Waals surface area contributed by atoms with Crippen molar-refractivity contribution in [1.82, 2.24) is 15.1 Å². The van der Waals surface area contributed by atoms with Gasteiger partial charge in [-0.15, -0.1) is 0 Å². The van der Waals surface area contributed by atoms with Crippen LogP contribution in [-0.4, -0.2) is 45.7 Å². The molecule has 0 amide bonds. The van der Waals surface area contributed by atoms with Crippen LogP contribution in [0.25, 0.3) is 11.1 Å². The number of carboxylic acids is 1. The van der Waals surface area contributed by atoms with E-state index in [1.54, 1.807) is 29.9 Å². The van der Waals surface area contributed by atoms with Crippen molar-refractivity contribution >= 4 is 11.7 Å². The number of alkyl halides is 1. The van der Waals surface area contributed by atoms with E-state index in [-0.39, 0.29) is 11.9 Å². The summed E-state index contributed by atoms with van der Waals surface area (Å²) in [6, 6.07) is 9.07. The summed E-state index contributed by atoms with van der Waals surface area (Å²) in [6.45, 7) is 2.68. The predicted octanol–water partition coefficient (Wildman–Crippen LogP) is 4.56. The summed E-state index contributed by atoms with van der Waals surface area (Å²) in [5, 5.41) is 20.3. The Morgan fingerprint density at radius 1 is 1.26 bits per heavy atom. The van der Waals surface area contributed by atoms with Crippen LogP contribution < -0.4 is 15.4 Å². The minimum atomic E-state index is -1.09. The van der Waals surface area contributed by atoms with Crippen LogP contribution in [0.1, 0.15) is 31.4 Å². The first-order valence-electron chi connectivity index (χ1n) is 11.3. The van der Waals surface area contributed by atoms with Gasteiger partial charge >= 0.3 is 5.97 Å². The van der Waals surface area contributed by atoms with Gasteiger partial charge in [0.2, 0.25) is 0 Å². The number of carboxylic acid groups (broad SMARTS) is 1. The standard InChI is InChI=1S/C25H26F2N4O3/c1-25(24(32)33)10-8-19-21(30-25)7-6-18(23(19)34-17-4-2-16(26)3-5-17)15-12-29-31(14-15)22-9-11-28-13-20(22)27/h2-7,12,14,20,22,28,30H,8-11,13H2,1H3,(H,32,33)/t20-,22+,25+/m1/s1. The molecule has 5 rings (SSSR count). The average molecular weight is 469 g/mol. The molecule has 3 N–H and O–H groups in total. The second-order valence-electron chi connectivity index (χ2n) is 9.07. The fourth-order valence-electron chi connectivity index (χ4n) is 4.62. The molecule has 3 aromatic rings. The van der Waals surface area contributed by atoms with Crippen molar-refractivity contribution in [2.45, 2.75) is 43.9 Å². The lowest BCUT2D eigenvalue weighted by Crippen LogP contribution is -2.46. The fourth-order valence-corrected chi connectivity index (χ4v) is 4.62. The van der Waals surface area contributed by atoms with Gasteiger partial charge in [0.15, 0.2) is 0 Å². The topological polar surface area (TPSA) is 88.4 Å². The minimum Gasteiger partial charge on any atom is -0.480 e. The molecule has 0 saturated carbocycles. The van der Waals surface area contributed by atoms with Gasteiger partial charge in [-0.05, 0) is 69.1 Å². The first-order chi connectivity index (χ1) is 16.3. The second-order valence-corrected chi connectivity index (χ2v) is 9.07. The molecular weight excluding hydrogens is 442 g/mol. The summed E-state index contributed by atoms with van der Waals surface area (Å²) in [4.78, 5) is 11.8. The van der Waals surface area contributed by atoms with Crippen molar-refractivity contribution < 1.29 is 23.4 Å². The maximum atomic E-state index is 14.5. The monoisotopic (exact) mass is 468 g/mol. The number of anilines is 1. The molecule has 0 bridgehead atoms. The van der Waals surface area contributed by atoms with E-state index in [0.29, 0.717) is 43.0 Å². The molecule has 1 aromatic heterocycles. The van der Waals surface area contributed by atoms with Gasteiger partial charge in [-0.2, -0.15) is 5.10 Å². The largest absolute Gasteiger partial charge is 0.480 e. The van der Waals surface area contributed by atoms with Crippen molar-refractivity contribution in [2.24, 2.45) is 0 Å². The highest BCUT2D eigenvalue weighted by molar-refractivity contribution is 5.86. The van der Waals surface area contributed by atoms with Crippen LogP contribution in [0.15, 0.2) is 48.8 Å². The van der Waals surface area contributed by atoms with Gasteiger partial charge in [0.25, 0.3) is 0 Å². The molecule has 3 heterocycles. The molecule has 2 aliphatic heterocycles. The molecule has 7 nitrogen and oxygen atoms in total. The molecule has 1 saturated heterocycles. The van der Waals surface area contributed by atoms with Gasteiger partial charge in [0, 0.05) is 35.1 Å². The van der Waals surface area contributed by atoms with Crippen molar-refractivity contribution in [2.75, 3.05) is 18.4 Å². The Hall–Kier alpha value is -3.46.